The highest BCUT2D eigenvalue weighted by molar-refractivity contribution is 6.02. The summed E-state index contributed by atoms with van der Waals surface area (Å²) < 4.78 is 1.83. The molecule has 1 aliphatic rings. The van der Waals surface area contributed by atoms with Crippen molar-refractivity contribution >= 4 is 17.3 Å². The summed E-state index contributed by atoms with van der Waals surface area (Å²) in [6, 6.07) is 9.74. The van der Waals surface area contributed by atoms with Gasteiger partial charge in [0.05, 0.1) is 24.5 Å². The lowest BCUT2D eigenvalue weighted by Crippen LogP contribution is -2.41. The standard InChI is InChI=1S/C13H14N4O/c18-13-10-14-11-4-1-2-5-12(11)17(13)9-8-16-7-3-6-15-16/h1-7,14H,8-10H2. The molecule has 1 N–H and O–H groups in total. The minimum Gasteiger partial charge on any atom is -0.374 e. The molecule has 92 valence electrons. The van der Waals surface area contributed by atoms with E-state index < -0.39 is 0 Å². The number of para-hydroxylation sites is 2. The van der Waals surface area contributed by atoms with E-state index in [1.54, 1.807) is 6.20 Å². The van der Waals surface area contributed by atoms with Crippen LogP contribution < -0.4 is 10.2 Å². The second-order valence-electron chi connectivity index (χ2n) is 4.19. The third-order valence-corrected chi connectivity index (χ3v) is 3.04. The quantitative estimate of drug-likeness (QED) is 0.883. The van der Waals surface area contributed by atoms with E-state index in [9.17, 15) is 4.79 Å². The maximum Gasteiger partial charge on any atom is 0.246 e. The van der Waals surface area contributed by atoms with Crippen molar-refractivity contribution in [1.82, 2.24) is 9.78 Å². The number of nitrogens with one attached hydrogen (secondary N) is 1. The van der Waals surface area contributed by atoms with Crippen molar-refractivity contribution in [1.29, 1.82) is 0 Å². The van der Waals surface area contributed by atoms with Crippen LogP contribution in [0, 0.1) is 0 Å². The highest BCUT2D eigenvalue weighted by atomic mass is 16.2. The summed E-state index contributed by atoms with van der Waals surface area (Å²) >= 11 is 0. The summed E-state index contributed by atoms with van der Waals surface area (Å²) in [5.41, 5.74) is 1.96. The average Bonchev–Trinajstić information content (AvgIpc) is 2.91. The number of anilines is 2. The number of amides is 1. The van der Waals surface area contributed by atoms with Gasteiger partial charge >= 0.3 is 0 Å². The van der Waals surface area contributed by atoms with Crippen LogP contribution in [0.15, 0.2) is 42.7 Å². The number of nitrogens with zero attached hydrogens (tertiary/aromatic N) is 3. The number of rotatable bonds is 3. The van der Waals surface area contributed by atoms with Crippen LogP contribution in [0.2, 0.25) is 0 Å². The van der Waals surface area contributed by atoms with Crippen molar-refractivity contribution in [2.45, 2.75) is 6.54 Å². The third-order valence-electron chi connectivity index (χ3n) is 3.04. The van der Waals surface area contributed by atoms with Crippen LogP contribution in [0.5, 0.6) is 0 Å². The van der Waals surface area contributed by atoms with Gasteiger partial charge in [0.1, 0.15) is 0 Å². The molecule has 2 aromatic rings. The minimum absolute atomic E-state index is 0.0980. The van der Waals surface area contributed by atoms with Gasteiger partial charge in [0, 0.05) is 18.9 Å². The van der Waals surface area contributed by atoms with E-state index in [-0.39, 0.29) is 5.91 Å². The zero-order valence-electron chi connectivity index (χ0n) is 9.91. The normalized spacial score (nSPS) is 14.2. The Morgan fingerprint density at radius 2 is 2.11 bits per heavy atom. The largest absolute Gasteiger partial charge is 0.374 e. The topological polar surface area (TPSA) is 50.2 Å². The fourth-order valence-electron chi connectivity index (χ4n) is 2.14. The van der Waals surface area contributed by atoms with E-state index in [0.29, 0.717) is 19.6 Å². The molecular formula is C13H14N4O. The molecule has 1 aliphatic heterocycles. The van der Waals surface area contributed by atoms with Crippen molar-refractivity contribution in [3.8, 4) is 0 Å². The van der Waals surface area contributed by atoms with Crippen molar-refractivity contribution < 1.29 is 4.79 Å². The van der Waals surface area contributed by atoms with E-state index in [4.69, 9.17) is 0 Å². The van der Waals surface area contributed by atoms with Gasteiger partial charge in [0.25, 0.3) is 0 Å². The first-order valence-electron chi connectivity index (χ1n) is 5.95. The van der Waals surface area contributed by atoms with Gasteiger partial charge in [-0.05, 0) is 18.2 Å². The van der Waals surface area contributed by atoms with Crippen molar-refractivity contribution in [2.75, 3.05) is 23.3 Å². The Bertz CT molecular complexity index is 550. The maximum absolute atomic E-state index is 12.0. The molecule has 0 spiro atoms. The molecule has 0 bridgehead atoms. The summed E-state index contributed by atoms with van der Waals surface area (Å²) in [4.78, 5) is 13.8. The highest BCUT2D eigenvalue weighted by Gasteiger charge is 2.22. The van der Waals surface area contributed by atoms with Crippen LogP contribution in [0.3, 0.4) is 0 Å². The molecule has 0 saturated carbocycles. The molecule has 0 aliphatic carbocycles. The van der Waals surface area contributed by atoms with Crippen LogP contribution in [-0.2, 0) is 11.3 Å². The lowest BCUT2D eigenvalue weighted by atomic mass is 10.2. The lowest BCUT2D eigenvalue weighted by molar-refractivity contribution is -0.117. The van der Waals surface area contributed by atoms with Crippen LogP contribution in [-0.4, -0.2) is 28.8 Å². The van der Waals surface area contributed by atoms with E-state index >= 15 is 0 Å². The molecule has 1 aromatic carbocycles. The van der Waals surface area contributed by atoms with E-state index in [1.165, 1.54) is 0 Å². The molecule has 0 fully saturated rings. The number of benzene rings is 1. The second-order valence-corrected chi connectivity index (χ2v) is 4.19. The Balaban J connectivity index is 1.80. The van der Waals surface area contributed by atoms with Gasteiger partial charge in [-0.1, -0.05) is 12.1 Å². The summed E-state index contributed by atoms with van der Waals surface area (Å²) in [5.74, 6) is 0.0980. The molecule has 3 rings (SSSR count). The molecule has 0 saturated heterocycles. The van der Waals surface area contributed by atoms with Gasteiger partial charge < -0.3 is 10.2 Å². The molecular weight excluding hydrogens is 228 g/mol. The van der Waals surface area contributed by atoms with Crippen LogP contribution in [0.25, 0.3) is 0 Å². The Hall–Kier alpha value is -2.30. The minimum atomic E-state index is 0.0980. The van der Waals surface area contributed by atoms with Crippen molar-refractivity contribution in [3.63, 3.8) is 0 Å². The maximum atomic E-state index is 12.0. The number of hydrogen-bond acceptors (Lipinski definition) is 3. The molecule has 0 unspecified atom stereocenters. The number of hydrogen-bond donors (Lipinski definition) is 1. The number of carbonyl (C=O) groups excluding carboxylic acids is 1. The van der Waals surface area contributed by atoms with E-state index in [0.717, 1.165) is 11.4 Å². The fraction of sp³-hybridized carbons (Fsp3) is 0.231. The summed E-state index contributed by atoms with van der Waals surface area (Å²) in [6.07, 6.45) is 3.64. The number of fused-ring (bicyclic) bond motifs is 1. The third kappa shape index (κ3) is 1.95. The smallest absolute Gasteiger partial charge is 0.246 e. The lowest BCUT2D eigenvalue weighted by Gasteiger charge is -2.30. The van der Waals surface area contributed by atoms with Gasteiger partial charge in [-0.2, -0.15) is 5.10 Å². The summed E-state index contributed by atoms with van der Waals surface area (Å²) in [6.45, 7) is 1.70. The van der Waals surface area contributed by atoms with Crippen LogP contribution >= 0.6 is 0 Å². The van der Waals surface area contributed by atoms with Crippen LogP contribution in [0.4, 0.5) is 11.4 Å². The molecule has 0 atom stereocenters. The van der Waals surface area contributed by atoms with Crippen molar-refractivity contribution in [3.05, 3.63) is 42.7 Å². The Kier molecular flexibility index (Phi) is 2.72. The number of carbonyl (C=O) groups is 1. The Morgan fingerprint density at radius 1 is 1.22 bits per heavy atom. The van der Waals surface area contributed by atoms with Crippen molar-refractivity contribution in [2.24, 2.45) is 0 Å². The fourth-order valence-corrected chi connectivity index (χ4v) is 2.14. The Morgan fingerprint density at radius 3 is 2.94 bits per heavy atom. The first kappa shape index (κ1) is 10.8. The van der Waals surface area contributed by atoms with Gasteiger partial charge in [0.15, 0.2) is 0 Å². The van der Waals surface area contributed by atoms with Gasteiger partial charge in [-0.25, -0.2) is 0 Å². The SMILES string of the molecule is O=C1CNc2ccccc2N1CCn1cccn1. The summed E-state index contributed by atoms with van der Waals surface area (Å²) in [5, 5.41) is 7.27. The molecule has 18 heavy (non-hydrogen) atoms. The zero-order valence-corrected chi connectivity index (χ0v) is 9.91. The van der Waals surface area contributed by atoms with E-state index in [1.807, 2.05) is 46.1 Å². The van der Waals surface area contributed by atoms with E-state index in [2.05, 4.69) is 10.4 Å². The van der Waals surface area contributed by atoms with Gasteiger partial charge in [0.2, 0.25) is 5.91 Å². The summed E-state index contributed by atoms with van der Waals surface area (Å²) in [7, 11) is 0. The van der Waals surface area contributed by atoms with Gasteiger partial charge in [-0.3, -0.25) is 9.48 Å². The molecule has 5 nitrogen and oxygen atoms in total. The van der Waals surface area contributed by atoms with Crippen LogP contribution in [0.1, 0.15) is 0 Å². The first-order valence-corrected chi connectivity index (χ1v) is 5.95. The Labute approximate surface area is 105 Å². The molecule has 2 heterocycles. The first-order chi connectivity index (χ1) is 8.84. The molecule has 0 radical (unpaired) electrons. The monoisotopic (exact) mass is 242 g/mol. The predicted molar refractivity (Wildman–Crippen MR) is 69.5 cm³/mol. The highest BCUT2D eigenvalue weighted by Crippen LogP contribution is 2.28. The molecule has 1 aromatic heterocycles. The predicted octanol–water partition coefficient (Wildman–Crippen LogP) is 1.34. The van der Waals surface area contributed by atoms with Gasteiger partial charge in [-0.15, -0.1) is 0 Å². The zero-order chi connectivity index (χ0) is 12.4. The average molecular weight is 242 g/mol. The second kappa shape index (κ2) is 4.52. The number of aromatic nitrogens is 2. The molecule has 5 heteroatoms. The molecule has 1 amide bonds.